The van der Waals surface area contributed by atoms with Gasteiger partial charge in [-0.2, -0.15) is 5.10 Å². The van der Waals surface area contributed by atoms with Crippen molar-refractivity contribution in [1.82, 2.24) is 14.8 Å². The molecule has 0 radical (unpaired) electrons. The molecule has 1 aliphatic rings. The molecule has 0 spiro atoms. The van der Waals surface area contributed by atoms with Crippen LogP contribution in [0.1, 0.15) is 57.7 Å². The maximum atomic E-state index is 10.8. The predicted octanol–water partition coefficient (Wildman–Crippen LogP) is 2.47. The molecule has 0 aliphatic heterocycles. The molecular formula is C14H25N3O. The minimum atomic E-state index is -0.566. The summed E-state index contributed by atoms with van der Waals surface area (Å²) in [4.78, 5) is 4.23. The van der Waals surface area contributed by atoms with Gasteiger partial charge in [-0.15, -0.1) is 0 Å². The van der Waals surface area contributed by atoms with Crippen molar-refractivity contribution in [1.29, 1.82) is 0 Å². The van der Waals surface area contributed by atoms with Crippen LogP contribution in [-0.2, 0) is 13.5 Å². The Morgan fingerprint density at radius 3 is 2.94 bits per heavy atom. The summed E-state index contributed by atoms with van der Waals surface area (Å²) >= 11 is 0. The third-order valence-electron chi connectivity index (χ3n) is 4.26. The van der Waals surface area contributed by atoms with Crippen LogP contribution in [0.15, 0.2) is 6.33 Å². The topological polar surface area (TPSA) is 50.9 Å². The zero-order valence-electron chi connectivity index (χ0n) is 11.6. The molecule has 0 saturated heterocycles. The fourth-order valence-electron chi connectivity index (χ4n) is 3.11. The molecule has 4 heteroatoms. The predicted molar refractivity (Wildman–Crippen MR) is 71.1 cm³/mol. The molecule has 1 N–H and O–H groups in total. The lowest BCUT2D eigenvalue weighted by atomic mass is 9.89. The Labute approximate surface area is 109 Å². The fraction of sp³-hybridized carbons (Fsp3) is 0.857. The molecule has 0 amide bonds. The van der Waals surface area contributed by atoms with E-state index in [1.807, 2.05) is 7.05 Å². The summed E-state index contributed by atoms with van der Waals surface area (Å²) in [5.41, 5.74) is -0.566. The highest BCUT2D eigenvalue weighted by molar-refractivity contribution is 4.95. The number of aryl methyl sites for hydroxylation is 1. The Morgan fingerprint density at radius 1 is 1.44 bits per heavy atom. The molecule has 2 atom stereocenters. The van der Waals surface area contributed by atoms with E-state index in [4.69, 9.17) is 0 Å². The summed E-state index contributed by atoms with van der Waals surface area (Å²) in [6.07, 6.45) is 10.1. The molecule has 0 aromatic carbocycles. The summed E-state index contributed by atoms with van der Waals surface area (Å²) in [6, 6.07) is 0. The van der Waals surface area contributed by atoms with E-state index in [-0.39, 0.29) is 0 Å². The van der Waals surface area contributed by atoms with E-state index >= 15 is 0 Å². The number of rotatable bonds is 4. The van der Waals surface area contributed by atoms with Gasteiger partial charge in [-0.05, 0) is 25.2 Å². The quantitative estimate of drug-likeness (QED) is 0.836. The van der Waals surface area contributed by atoms with Crippen molar-refractivity contribution in [2.24, 2.45) is 13.0 Å². The third kappa shape index (κ3) is 3.31. The second-order valence-electron chi connectivity index (χ2n) is 5.79. The Morgan fingerprint density at radius 2 is 2.28 bits per heavy atom. The van der Waals surface area contributed by atoms with E-state index in [1.54, 1.807) is 11.0 Å². The van der Waals surface area contributed by atoms with Crippen LogP contribution in [0.4, 0.5) is 0 Å². The molecule has 4 nitrogen and oxygen atoms in total. The minimum Gasteiger partial charge on any atom is -0.389 e. The van der Waals surface area contributed by atoms with E-state index < -0.39 is 5.60 Å². The number of aromatic nitrogens is 3. The maximum absolute atomic E-state index is 10.8. The van der Waals surface area contributed by atoms with Crippen LogP contribution in [0.3, 0.4) is 0 Å². The number of hydrogen-bond donors (Lipinski definition) is 1. The van der Waals surface area contributed by atoms with Crippen LogP contribution >= 0.6 is 0 Å². The van der Waals surface area contributed by atoms with Gasteiger partial charge in [-0.25, -0.2) is 4.98 Å². The van der Waals surface area contributed by atoms with Gasteiger partial charge in [-0.1, -0.05) is 32.6 Å². The summed E-state index contributed by atoms with van der Waals surface area (Å²) in [6.45, 7) is 2.25. The molecule has 1 aromatic heterocycles. The minimum absolute atomic E-state index is 0.566. The van der Waals surface area contributed by atoms with E-state index in [2.05, 4.69) is 17.0 Å². The van der Waals surface area contributed by atoms with Gasteiger partial charge < -0.3 is 5.11 Å². The second-order valence-corrected chi connectivity index (χ2v) is 5.79. The summed E-state index contributed by atoms with van der Waals surface area (Å²) in [5.74, 6) is 1.70. The van der Waals surface area contributed by atoms with Gasteiger partial charge in [0.1, 0.15) is 12.2 Å². The number of nitrogens with zero attached hydrogens (tertiary/aromatic N) is 3. The van der Waals surface area contributed by atoms with Gasteiger partial charge in [0, 0.05) is 13.5 Å². The Kier molecular flexibility index (Phi) is 4.38. The van der Waals surface area contributed by atoms with Gasteiger partial charge in [0.25, 0.3) is 0 Å². The van der Waals surface area contributed by atoms with Crippen LogP contribution in [0.25, 0.3) is 0 Å². The molecule has 2 unspecified atom stereocenters. The zero-order valence-corrected chi connectivity index (χ0v) is 11.6. The summed E-state index contributed by atoms with van der Waals surface area (Å²) < 4.78 is 1.77. The lowest BCUT2D eigenvalue weighted by molar-refractivity contribution is 0.0214. The first-order chi connectivity index (χ1) is 8.63. The van der Waals surface area contributed by atoms with E-state index in [0.717, 1.165) is 37.4 Å². The smallest absolute Gasteiger partial charge is 0.138 e. The van der Waals surface area contributed by atoms with Gasteiger partial charge in [0.15, 0.2) is 0 Å². The van der Waals surface area contributed by atoms with Crippen LogP contribution in [0.5, 0.6) is 0 Å². The normalized spacial score (nSPS) is 29.2. The SMILES string of the molecule is CCCC1CCCC(O)(Cc2ncnn2C)CC1. The van der Waals surface area contributed by atoms with Crippen LogP contribution in [-0.4, -0.2) is 25.5 Å². The average Bonchev–Trinajstić information content (AvgIpc) is 2.62. The van der Waals surface area contributed by atoms with Gasteiger partial charge >= 0.3 is 0 Å². The highest BCUT2D eigenvalue weighted by Crippen LogP contribution is 2.34. The second kappa shape index (κ2) is 5.83. The molecular weight excluding hydrogens is 226 g/mol. The van der Waals surface area contributed by atoms with Crippen molar-refractivity contribution in [3.05, 3.63) is 12.2 Å². The summed E-state index contributed by atoms with van der Waals surface area (Å²) in [7, 11) is 1.89. The number of aliphatic hydroxyl groups is 1. The van der Waals surface area contributed by atoms with Crippen LogP contribution in [0, 0.1) is 5.92 Å². The van der Waals surface area contributed by atoms with Crippen LogP contribution < -0.4 is 0 Å². The average molecular weight is 251 g/mol. The molecule has 1 aromatic rings. The number of hydrogen-bond acceptors (Lipinski definition) is 3. The molecule has 2 rings (SSSR count). The van der Waals surface area contributed by atoms with Crippen molar-refractivity contribution < 1.29 is 5.11 Å². The molecule has 0 bridgehead atoms. The molecule has 1 aliphatic carbocycles. The Bertz CT molecular complexity index is 377. The first kappa shape index (κ1) is 13.5. The van der Waals surface area contributed by atoms with E-state index in [0.29, 0.717) is 6.42 Å². The lowest BCUT2D eigenvalue weighted by Gasteiger charge is -2.26. The first-order valence-corrected chi connectivity index (χ1v) is 7.18. The standard InChI is InChI=1S/C14H25N3O/c1-3-5-12-6-4-8-14(18,9-7-12)10-13-15-11-16-17(13)2/h11-12,18H,3-10H2,1-2H3. The maximum Gasteiger partial charge on any atom is 0.138 e. The van der Waals surface area contributed by atoms with Crippen LogP contribution in [0.2, 0.25) is 0 Å². The van der Waals surface area contributed by atoms with Gasteiger partial charge in [0.05, 0.1) is 5.60 Å². The van der Waals surface area contributed by atoms with Crippen molar-refractivity contribution in [3.8, 4) is 0 Å². The zero-order chi connectivity index (χ0) is 13.0. The molecule has 1 fully saturated rings. The summed E-state index contributed by atoms with van der Waals surface area (Å²) in [5, 5.41) is 14.8. The van der Waals surface area contributed by atoms with Crippen molar-refractivity contribution in [3.63, 3.8) is 0 Å². The fourth-order valence-corrected chi connectivity index (χ4v) is 3.11. The van der Waals surface area contributed by atoms with Crippen molar-refractivity contribution in [2.75, 3.05) is 0 Å². The van der Waals surface area contributed by atoms with Gasteiger partial charge in [-0.3, -0.25) is 4.68 Å². The first-order valence-electron chi connectivity index (χ1n) is 7.18. The molecule has 102 valence electrons. The highest BCUT2D eigenvalue weighted by Gasteiger charge is 2.32. The van der Waals surface area contributed by atoms with Gasteiger partial charge in [0.2, 0.25) is 0 Å². The van der Waals surface area contributed by atoms with E-state index in [9.17, 15) is 5.11 Å². The third-order valence-corrected chi connectivity index (χ3v) is 4.26. The monoisotopic (exact) mass is 251 g/mol. The largest absolute Gasteiger partial charge is 0.389 e. The molecule has 1 saturated carbocycles. The lowest BCUT2D eigenvalue weighted by Crippen LogP contribution is -2.32. The molecule has 1 heterocycles. The molecule has 18 heavy (non-hydrogen) atoms. The van der Waals surface area contributed by atoms with Crippen molar-refractivity contribution >= 4 is 0 Å². The Hall–Kier alpha value is -0.900. The highest BCUT2D eigenvalue weighted by atomic mass is 16.3. The van der Waals surface area contributed by atoms with E-state index in [1.165, 1.54) is 19.3 Å². The van der Waals surface area contributed by atoms with Crippen molar-refractivity contribution in [2.45, 2.75) is 63.9 Å². The Balaban J connectivity index is 1.97.